The maximum atomic E-state index is 4.80. The van der Waals surface area contributed by atoms with Crippen molar-refractivity contribution in [2.75, 3.05) is 13.6 Å². The number of benzene rings is 1. The molecule has 0 bridgehead atoms. The quantitative estimate of drug-likeness (QED) is 0.671. The molecule has 2 aromatic rings. The van der Waals surface area contributed by atoms with Crippen molar-refractivity contribution in [3.63, 3.8) is 0 Å². The van der Waals surface area contributed by atoms with E-state index < -0.39 is 0 Å². The zero-order chi connectivity index (χ0) is 17.5. The molecular formula is C19H28N6. The summed E-state index contributed by atoms with van der Waals surface area (Å²) in [6, 6.07) is 10.5. The van der Waals surface area contributed by atoms with Crippen molar-refractivity contribution < 1.29 is 0 Å². The zero-order valence-electron chi connectivity index (χ0n) is 15.3. The molecule has 1 aliphatic rings. The van der Waals surface area contributed by atoms with Crippen LogP contribution in [0.25, 0.3) is 0 Å². The van der Waals surface area contributed by atoms with E-state index in [0.717, 1.165) is 43.7 Å². The van der Waals surface area contributed by atoms with Gasteiger partial charge in [-0.15, -0.1) is 10.2 Å². The topological polar surface area (TPSA) is 58.3 Å². The lowest BCUT2D eigenvalue weighted by Gasteiger charge is -2.22. The lowest BCUT2D eigenvalue weighted by molar-refractivity contribution is 0.475. The van der Waals surface area contributed by atoms with Crippen LogP contribution in [0.1, 0.15) is 43.4 Å². The normalized spacial score (nSPS) is 14.7. The number of nitrogens with zero attached hydrogens (tertiary/aromatic N) is 5. The van der Waals surface area contributed by atoms with Gasteiger partial charge in [-0.1, -0.05) is 36.8 Å². The summed E-state index contributed by atoms with van der Waals surface area (Å²) < 4.78 is 2.26. The van der Waals surface area contributed by atoms with Gasteiger partial charge < -0.3 is 14.8 Å². The predicted octanol–water partition coefficient (Wildman–Crippen LogP) is 2.60. The van der Waals surface area contributed by atoms with E-state index in [0.29, 0.717) is 6.54 Å². The number of hydrogen-bond acceptors (Lipinski definition) is 3. The van der Waals surface area contributed by atoms with Crippen LogP contribution in [0.3, 0.4) is 0 Å². The molecule has 6 heteroatoms. The molecule has 0 atom stereocenters. The van der Waals surface area contributed by atoms with Crippen LogP contribution in [0, 0.1) is 0 Å². The molecule has 0 unspecified atom stereocenters. The first-order chi connectivity index (χ1) is 12.3. The highest BCUT2D eigenvalue weighted by Gasteiger charge is 2.15. The fourth-order valence-corrected chi connectivity index (χ4v) is 3.21. The van der Waals surface area contributed by atoms with E-state index in [1.165, 1.54) is 24.8 Å². The number of guanidine groups is 1. The molecule has 1 aliphatic heterocycles. The first-order valence-corrected chi connectivity index (χ1v) is 9.22. The molecule has 0 saturated carbocycles. The number of rotatable bonds is 5. The lowest BCUT2D eigenvalue weighted by atomic mass is 10.2. The standard InChI is InChI=1S/C19H28N6/c1-3-20-19(24(2)15-16-10-6-4-7-11-16)21-14-18-23-22-17-12-8-5-9-13-25(17)18/h4,6-7,10-11H,3,5,8-9,12-15H2,1-2H3,(H,20,21). The molecule has 25 heavy (non-hydrogen) atoms. The van der Waals surface area contributed by atoms with Crippen molar-refractivity contribution in [3.8, 4) is 0 Å². The van der Waals surface area contributed by atoms with E-state index in [1.807, 2.05) is 6.07 Å². The zero-order valence-corrected chi connectivity index (χ0v) is 15.3. The molecule has 3 rings (SSSR count). The minimum Gasteiger partial charge on any atom is -0.357 e. The number of aromatic nitrogens is 3. The van der Waals surface area contributed by atoms with Gasteiger partial charge in [-0.25, -0.2) is 4.99 Å². The minimum atomic E-state index is 0.564. The van der Waals surface area contributed by atoms with Gasteiger partial charge in [0.05, 0.1) is 0 Å². The Morgan fingerprint density at radius 1 is 1.20 bits per heavy atom. The van der Waals surface area contributed by atoms with Crippen molar-refractivity contribution in [2.45, 2.75) is 52.2 Å². The second-order valence-electron chi connectivity index (χ2n) is 6.51. The Balaban J connectivity index is 1.71. The third kappa shape index (κ3) is 4.59. The highest BCUT2D eigenvalue weighted by atomic mass is 15.3. The van der Waals surface area contributed by atoms with Crippen molar-refractivity contribution in [2.24, 2.45) is 4.99 Å². The van der Waals surface area contributed by atoms with Crippen molar-refractivity contribution >= 4 is 5.96 Å². The van der Waals surface area contributed by atoms with Gasteiger partial charge in [-0.2, -0.15) is 0 Å². The molecule has 1 aromatic carbocycles. The fourth-order valence-electron chi connectivity index (χ4n) is 3.21. The van der Waals surface area contributed by atoms with Crippen LogP contribution < -0.4 is 5.32 Å². The van der Waals surface area contributed by atoms with Crippen molar-refractivity contribution in [1.29, 1.82) is 0 Å². The van der Waals surface area contributed by atoms with E-state index in [-0.39, 0.29) is 0 Å². The average Bonchev–Trinajstić information content (AvgIpc) is 2.86. The second kappa shape index (κ2) is 8.65. The van der Waals surface area contributed by atoms with Crippen LogP contribution in [0.15, 0.2) is 35.3 Å². The Hall–Kier alpha value is -2.37. The summed E-state index contributed by atoms with van der Waals surface area (Å²) in [6.07, 6.45) is 4.72. The molecule has 0 amide bonds. The molecule has 0 aliphatic carbocycles. The summed E-state index contributed by atoms with van der Waals surface area (Å²) in [4.78, 5) is 6.95. The Morgan fingerprint density at radius 2 is 2.04 bits per heavy atom. The first-order valence-electron chi connectivity index (χ1n) is 9.22. The summed E-state index contributed by atoms with van der Waals surface area (Å²) in [5.74, 6) is 2.99. The largest absolute Gasteiger partial charge is 0.357 e. The van der Waals surface area contributed by atoms with Gasteiger partial charge in [0.2, 0.25) is 0 Å². The summed E-state index contributed by atoms with van der Waals surface area (Å²) in [6.45, 7) is 5.34. The van der Waals surface area contributed by atoms with E-state index in [1.54, 1.807) is 0 Å². The maximum absolute atomic E-state index is 4.80. The number of aliphatic imine (C=N–C) groups is 1. The lowest BCUT2D eigenvalue weighted by Crippen LogP contribution is -2.38. The van der Waals surface area contributed by atoms with Crippen LogP contribution in [-0.2, 0) is 26.1 Å². The average molecular weight is 340 g/mol. The molecule has 1 N–H and O–H groups in total. The summed E-state index contributed by atoms with van der Waals surface area (Å²) in [5, 5.41) is 12.1. The van der Waals surface area contributed by atoms with Gasteiger partial charge in [0.1, 0.15) is 12.4 Å². The molecule has 134 valence electrons. The van der Waals surface area contributed by atoms with Crippen LogP contribution >= 0.6 is 0 Å². The van der Waals surface area contributed by atoms with Gasteiger partial charge in [0.15, 0.2) is 11.8 Å². The number of hydrogen-bond donors (Lipinski definition) is 1. The third-order valence-electron chi connectivity index (χ3n) is 4.52. The monoisotopic (exact) mass is 340 g/mol. The Labute approximate surface area is 150 Å². The molecule has 1 aromatic heterocycles. The molecule has 2 heterocycles. The highest BCUT2D eigenvalue weighted by Crippen LogP contribution is 2.15. The van der Waals surface area contributed by atoms with E-state index >= 15 is 0 Å². The van der Waals surface area contributed by atoms with Crippen LogP contribution in [-0.4, -0.2) is 39.2 Å². The van der Waals surface area contributed by atoms with Crippen LogP contribution in [0.2, 0.25) is 0 Å². The molecule has 0 saturated heterocycles. The van der Waals surface area contributed by atoms with Gasteiger partial charge in [0, 0.05) is 33.1 Å². The number of aryl methyl sites for hydroxylation is 1. The Bertz CT molecular complexity index is 691. The minimum absolute atomic E-state index is 0.564. The second-order valence-corrected chi connectivity index (χ2v) is 6.51. The van der Waals surface area contributed by atoms with Crippen molar-refractivity contribution in [3.05, 3.63) is 47.5 Å². The van der Waals surface area contributed by atoms with Crippen LogP contribution in [0.4, 0.5) is 0 Å². The predicted molar refractivity (Wildman–Crippen MR) is 100 cm³/mol. The first kappa shape index (κ1) is 17.5. The number of nitrogens with one attached hydrogen (secondary N) is 1. The Kier molecular flexibility index (Phi) is 6.04. The summed E-state index contributed by atoms with van der Waals surface area (Å²) in [5.41, 5.74) is 1.27. The molecule has 6 nitrogen and oxygen atoms in total. The molecular weight excluding hydrogens is 312 g/mol. The van der Waals surface area contributed by atoms with Gasteiger partial charge in [0.25, 0.3) is 0 Å². The number of fused-ring (bicyclic) bond motifs is 1. The maximum Gasteiger partial charge on any atom is 0.194 e. The third-order valence-corrected chi connectivity index (χ3v) is 4.52. The van der Waals surface area contributed by atoms with E-state index in [4.69, 9.17) is 4.99 Å². The fraction of sp³-hybridized carbons (Fsp3) is 0.526. The van der Waals surface area contributed by atoms with Crippen molar-refractivity contribution in [1.82, 2.24) is 25.0 Å². The van der Waals surface area contributed by atoms with Gasteiger partial charge >= 0.3 is 0 Å². The molecule has 0 radical (unpaired) electrons. The van der Waals surface area contributed by atoms with Crippen LogP contribution in [0.5, 0.6) is 0 Å². The van der Waals surface area contributed by atoms with Gasteiger partial charge in [-0.05, 0) is 25.3 Å². The molecule has 0 fully saturated rings. The SMILES string of the molecule is CCNC(=NCc1nnc2n1CCCCC2)N(C)Cc1ccccc1. The smallest absolute Gasteiger partial charge is 0.194 e. The summed E-state index contributed by atoms with van der Waals surface area (Å²) >= 11 is 0. The van der Waals surface area contributed by atoms with Gasteiger partial charge in [-0.3, -0.25) is 0 Å². The highest BCUT2D eigenvalue weighted by molar-refractivity contribution is 5.79. The van der Waals surface area contributed by atoms with E-state index in [2.05, 4.69) is 63.2 Å². The van der Waals surface area contributed by atoms with E-state index in [9.17, 15) is 0 Å². The summed E-state index contributed by atoms with van der Waals surface area (Å²) in [7, 11) is 2.07. The Morgan fingerprint density at radius 3 is 2.84 bits per heavy atom. The molecule has 0 spiro atoms.